The number of aromatic nitrogens is 1. The summed E-state index contributed by atoms with van der Waals surface area (Å²) in [7, 11) is -4.10. The van der Waals surface area contributed by atoms with Crippen LogP contribution in [0.4, 0.5) is 19.0 Å². The van der Waals surface area contributed by atoms with E-state index in [0.717, 1.165) is 12.3 Å². The quantitative estimate of drug-likeness (QED) is 0.561. The fourth-order valence-corrected chi connectivity index (χ4v) is 2.37. The van der Waals surface area contributed by atoms with Gasteiger partial charge in [0.1, 0.15) is 4.90 Å². The predicted molar refractivity (Wildman–Crippen MR) is 62.9 cm³/mol. The van der Waals surface area contributed by atoms with E-state index in [-0.39, 0.29) is 15.7 Å². The van der Waals surface area contributed by atoms with Gasteiger partial charge in [0, 0.05) is 12.7 Å². The number of hydrogen-bond donors (Lipinski definition) is 3. The zero-order chi connectivity index (χ0) is 14.7. The first-order valence-electron chi connectivity index (χ1n) is 4.84. The van der Waals surface area contributed by atoms with Crippen LogP contribution < -0.4 is 16.0 Å². The monoisotopic (exact) mass is 318 g/mol. The van der Waals surface area contributed by atoms with E-state index in [0.29, 0.717) is 0 Å². The highest BCUT2D eigenvalue weighted by atomic mass is 35.5. The molecule has 1 heterocycles. The van der Waals surface area contributed by atoms with Gasteiger partial charge in [-0.3, -0.25) is 0 Å². The third kappa shape index (κ3) is 4.82. The van der Waals surface area contributed by atoms with Gasteiger partial charge in [0.15, 0.2) is 5.82 Å². The van der Waals surface area contributed by atoms with Crippen LogP contribution in [0.2, 0.25) is 5.02 Å². The van der Waals surface area contributed by atoms with Gasteiger partial charge in [0.05, 0.1) is 11.4 Å². The molecular weight excluding hydrogens is 309 g/mol. The molecule has 0 aliphatic heterocycles. The van der Waals surface area contributed by atoms with E-state index in [1.54, 1.807) is 4.72 Å². The Labute approximate surface area is 112 Å². The molecule has 0 aliphatic carbocycles. The Hall–Kier alpha value is -1.10. The van der Waals surface area contributed by atoms with Crippen LogP contribution in [0.15, 0.2) is 17.2 Å². The number of alkyl halides is 3. The van der Waals surface area contributed by atoms with Crippen molar-refractivity contribution in [2.75, 3.05) is 12.0 Å². The first-order chi connectivity index (χ1) is 8.65. The average molecular weight is 319 g/mol. The second-order valence-electron chi connectivity index (χ2n) is 3.41. The van der Waals surface area contributed by atoms with Gasteiger partial charge in [0.2, 0.25) is 10.0 Å². The van der Waals surface area contributed by atoms with Crippen molar-refractivity contribution in [3.63, 3.8) is 0 Å². The van der Waals surface area contributed by atoms with Crippen molar-refractivity contribution in [3.8, 4) is 0 Å². The van der Waals surface area contributed by atoms with Crippen molar-refractivity contribution in [1.82, 2.24) is 9.71 Å². The topological polar surface area (TPSA) is 97.1 Å². The summed E-state index contributed by atoms with van der Waals surface area (Å²) >= 11 is 5.66. The summed E-state index contributed by atoms with van der Waals surface area (Å²) in [6.07, 6.45) is -4.78. The molecule has 0 unspecified atom stereocenters. The van der Waals surface area contributed by atoms with Crippen LogP contribution >= 0.6 is 11.6 Å². The number of nitrogens with zero attached hydrogens (tertiary/aromatic N) is 1. The molecule has 0 spiro atoms. The maximum Gasteiger partial charge on any atom is 0.390 e. The van der Waals surface area contributed by atoms with Crippen molar-refractivity contribution >= 4 is 27.4 Å². The Morgan fingerprint density at radius 1 is 1.42 bits per heavy atom. The van der Waals surface area contributed by atoms with Crippen molar-refractivity contribution < 1.29 is 21.6 Å². The average Bonchev–Trinajstić information content (AvgIpc) is 2.26. The van der Waals surface area contributed by atoms with E-state index < -0.39 is 29.2 Å². The van der Waals surface area contributed by atoms with Gasteiger partial charge < -0.3 is 5.43 Å². The first kappa shape index (κ1) is 16.0. The maximum absolute atomic E-state index is 11.9. The van der Waals surface area contributed by atoms with E-state index in [1.165, 1.54) is 0 Å². The lowest BCUT2D eigenvalue weighted by atomic mass is 10.4. The summed E-state index contributed by atoms with van der Waals surface area (Å²) in [5.74, 6) is 5.10. The number of nitrogens with one attached hydrogen (secondary N) is 2. The van der Waals surface area contributed by atoms with Crippen LogP contribution in [0.1, 0.15) is 6.42 Å². The summed E-state index contributed by atoms with van der Waals surface area (Å²) in [5.41, 5.74) is 2.13. The summed E-state index contributed by atoms with van der Waals surface area (Å²) in [4.78, 5) is 3.26. The van der Waals surface area contributed by atoms with Crippen molar-refractivity contribution in [2.45, 2.75) is 17.5 Å². The number of hydrogen-bond acceptors (Lipinski definition) is 5. The molecular formula is C8H10ClF3N4O2S. The van der Waals surface area contributed by atoms with Crippen LogP contribution in [0.25, 0.3) is 0 Å². The third-order valence-electron chi connectivity index (χ3n) is 1.96. The number of anilines is 1. The number of rotatable bonds is 5. The molecule has 0 atom stereocenters. The van der Waals surface area contributed by atoms with Crippen molar-refractivity contribution in [2.24, 2.45) is 5.84 Å². The molecule has 11 heteroatoms. The van der Waals surface area contributed by atoms with Crippen molar-refractivity contribution in [1.29, 1.82) is 0 Å². The molecule has 0 saturated heterocycles. The van der Waals surface area contributed by atoms with E-state index >= 15 is 0 Å². The molecule has 1 aromatic rings. The number of pyridine rings is 1. The lowest BCUT2D eigenvalue weighted by Gasteiger charge is -2.09. The number of halogens is 4. The highest BCUT2D eigenvalue weighted by molar-refractivity contribution is 7.89. The molecule has 0 aliphatic rings. The fourth-order valence-electron chi connectivity index (χ4n) is 1.08. The number of hydrazine groups is 1. The van der Waals surface area contributed by atoms with Crippen LogP contribution in [-0.4, -0.2) is 26.1 Å². The molecule has 0 fully saturated rings. The minimum atomic E-state index is -4.44. The summed E-state index contributed by atoms with van der Waals surface area (Å²) in [6.45, 7) is -0.764. The van der Waals surface area contributed by atoms with Crippen LogP contribution in [0, 0.1) is 0 Å². The fraction of sp³-hybridized carbons (Fsp3) is 0.375. The molecule has 0 bridgehead atoms. The number of sulfonamides is 1. The number of nitrogen functional groups attached to an aromatic ring is 1. The smallest absolute Gasteiger partial charge is 0.307 e. The summed E-state index contributed by atoms with van der Waals surface area (Å²) in [6, 6.07) is 1.03. The first-order valence-corrected chi connectivity index (χ1v) is 6.70. The van der Waals surface area contributed by atoms with Gasteiger partial charge in [-0.1, -0.05) is 11.6 Å². The molecule has 0 amide bonds. The van der Waals surface area contributed by atoms with Crippen LogP contribution in [0.5, 0.6) is 0 Å². The highest BCUT2D eigenvalue weighted by Crippen LogP contribution is 2.22. The Bertz CT molecular complexity index is 549. The minimum absolute atomic E-state index is 0.0518. The van der Waals surface area contributed by atoms with Gasteiger partial charge >= 0.3 is 6.18 Å². The Kier molecular flexibility index (Phi) is 4.96. The third-order valence-corrected chi connectivity index (χ3v) is 3.68. The summed E-state index contributed by atoms with van der Waals surface area (Å²) in [5, 5.41) is -0.0683. The Morgan fingerprint density at radius 2 is 2.05 bits per heavy atom. The largest absolute Gasteiger partial charge is 0.390 e. The Balaban J connectivity index is 2.80. The van der Waals surface area contributed by atoms with Crippen molar-refractivity contribution in [3.05, 3.63) is 17.3 Å². The zero-order valence-corrected chi connectivity index (χ0v) is 10.9. The SMILES string of the molecule is NNc1ncc(S(=O)(=O)NCCC(F)(F)F)cc1Cl. The van der Waals surface area contributed by atoms with E-state index in [4.69, 9.17) is 17.4 Å². The van der Waals surface area contributed by atoms with Gasteiger partial charge in [0.25, 0.3) is 0 Å². The lowest BCUT2D eigenvalue weighted by Crippen LogP contribution is -2.28. The molecule has 0 saturated carbocycles. The second kappa shape index (κ2) is 5.90. The van der Waals surface area contributed by atoms with Gasteiger partial charge in [-0.15, -0.1) is 0 Å². The minimum Gasteiger partial charge on any atom is -0.307 e. The van der Waals surface area contributed by atoms with Gasteiger partial charge in [-0.2, -0.15) is 13.2 Å². The normalized spacial score (nSPS) is 12.5. The zero-order valence-electron chi connectivity index (χ0n) is 9.33. The maximum atomic E-state index is 11.9. The molecule has 0 aromatic carbocycles. The standard InChI is InChI=1S/C8H10ClF3N4O2S/c9-6-3-5(4-14-7(6)16-13)19(17,18)15-2-1-8(10,11)12/h3-4,15H,1-2,13H2,(H,14,16). The molecule has 4 N–H and O–H groups in total. The molecule has 6 nitrogen and oxygen atoms in total. The molecule has 0 radical (unpaired) electrons. The molecule has 1 rings (SSSR count). The predicted octanol–water partition coefficient (Wildman–Crippen LogP) is 1.25. The highest BCUT2D eigenvalue weighted by Gasteiger charge is 2.27. The number of nitrogens with two attached hydrogens (primary N) is 1. The van der Waals surface area contributed by atoms with E-state index in [1.807, 2.05) is 0 Å². The van der Waals surface area contributed by atoms with Crippen LogP contribution in [-0.2, 0) is 10.0 Å². The molecule has 108 valence electrons. The van der Waals surface area contributed by atoms with Gasteiger partial charge in [-0.05, 0) is 6.07 Å². The van der Waals surface area contributed by atoms with E-state index in [2.05, 4.69) is 10.4 Å². The Morgan fingerprint density at radius 3 is 2.53 bits per heavy atom. The molecule has 19 heavy (non-hydrogen) atoms. The second-order valence-corrected chi connectivity index (χ2v) is 5.58. The summed E-state index contributed by atoms with van der Waals surface area (Å²) < 4.78 is 60.8. The van der Waals surface area contributed by atoms with Gasteiger partial charge in [-0.25, -0.2) is 24.0 Å². The van der Waals surface area contributed by atoms with Crippen LogP contribution in [0.3, 0.4) is 0 Å². The molecule has 1 aromatic heterocycles. The lowest BCUT2D eigenvalue weighted by molar-refractivity contribution is -0.132. The van der Waals surface area contributed by atoms with E-state index in [9.17, 15) is 21.6 Å².